The molecule has 5 rings (SSSR count). The number of methoxy groups -OCH3 is 1. The summed E-state index contributed by atoms with van der Waals surface area (Å²) in [4.78, 5) is 28.0. The molecule has 0 spiro atoms. The van der Waals surface area contributed by atoms with Crippen LogP contribution in [0.3, 0.4) is 0 Å². The van der Waals surface area contributed by atoms with E-state index < -0.39 is 0 Å². The zero-order valence-corrected chi connectivity index (χ0v) is 17.0. The fraction of sp³-hybridized carbons (Fsp3) is 0.364. The molecule has 3 aromatic rings. The summed E-state index contributed by atoms with van der Waals surface area (Å²) in [6.07, 6.45) is 4.90. The third-order valence-corrected chi connectivity index (χ3v) is 5.96. The summed E-state index contributed by atoms with van der Waals surface area (Å²) in [5.41, 5.74) is 3.51. The van der Waals surface area contributed by atoms with E-state index >= 15 is 0 Å². The van der Waals surface area contributed by atoms with Crippen LogP contribution in [0.1, 0.15) is 23.7 Å². The van der Waals surface area contributed by atoms with E-state index in [1.165, 1.54) is 18.0 Å². The van der Waals surface area contributed by atoms with Crippen molar-refractivity contribution in [2.45, 2.75) is 25.0 Å². The smallest absolute Gasteiger partial charge is 0.255 e. The van der Waals surface area contributed by atoms with Gasteiger partial charge in [0.1, 0.15) is 18.2 Å². The lowest BCUT2D eigenvalue weighted by Crippen LogP contribution is -2.51. The van der Waals surface area contributed by atoms with E-state index in [1.54, 1.807) is 31.0 Å². The Balaban J connectivity index is 1.56. The van der Waals surface area contributed by atoms with Crippen molar-refractivity contribution in [3.63, 3.8) is 0 Å². The van der Waals surface area contributed by atoms with Gasteiger partial charge in [0.2, 0.25) is 5.95 Å². The van der Waals surface area contributed by atoms with E-state index in [0.29, 0.717) is 30.5 Å². The molecule has 8 heteroatoms. The second-order valence-corrected chi connectivity index (χ2v) is 7.59. The lowest BCUT2D eigenvalue weighted by Gasteiger charge is -2.45. The maximum absolute atomic E-state index is 12.7. The van der Waals surface area contributed by atoms with Crippen LogP contribution in [0.4, 0.5) is 5.95 Å². The van der Waals surface area contributed by atoms with Gasteiger partial charge in [0, 0.05) is 25.9 Å². The quantitative estimate of drug-likeness (QED) is 0.660. The maximum Gasteiger partial charge on any atom is 0.255 e. The molecule has 30 heavy (non-hydrogen) atoms. The zero-order chi connectivity index (χ0) is 20.7. The van der Waals surface area contributed by atoms with Crippen molar-refractivity contribution in [3.8, 4) is 17.1 Å². The van der Waals surface area contributed by atoms with Crippen LogP contribution in [0.25, 0.3) is 11.4 Å². The van der Waals surface area contributed by atoms with Gasteiger partial charge in [-0.15, -0.1) is 0 Å². The minimum atomic E-state index is -0.116. The molecule has 1 aliphatic carbocycles. The molecule has 0 N–H and O–H groups in total. The van der Waals surface area contributed by atoms with E-state index in [9.17, 15) is 4.79 Å². The second kappa shape index (κ2) is 7.53. The van der Waals surface area contributed by atoms with Gasteiger partial charge >= 0.3 is 0 Å². The van der Waals surface area contributed by atoms with Crippen LogP contribution < -0.4 is 15.2 Å². The van der Waals surface area contributed by atoms with Gasteiger partial charge in [-0.2, -0.15) is 0 Å². The molecule has 8 nitrogen and oxygen atoms in total. The predicted octanol–water partition coefficient (Wildman–Crippen LogP) is 2.14. The Bertz CT molecular complexity index is 1130. The highest BCUT2D eigenvalue weighted by molar-refractivity contribution is 5.55. The summed E-state index contributed by atoms with van der Waals surface area (Å²) < 4.78 is 13.2. The molecule has 2 aromatic heterocycles. The maximum atomic E-state index is 12.7. The molecule has 154 valence electrons. The minimum Gasteiger partial charge on any atom is -0.497 e. The highest BCUT2D eigenvalue weighted by Crippen LogP contribution is 2.40. The number of benzene rings is 1. The monoisotopic (exact) mass is 405 g/mol. The highest BCUT2D eigenvalue weighted by Gasteiger charge is 2.39. The van der Waals surface area contributed by atoms with Crippen LogP contribution in [-0.4, -0.2) is 45.8 Å². The number of nitrogens with zero attached hydrogens (tertiary/aromatic N) is 5. The van der Waals surface area contributed by atoms with Gasteiger partial charge in [0.25, 0.3) is 5.56 Å². The largest absolute Gasteiger partial charge is 0.497 e. The van der Waals surface area contributed by atoms with Gasteiger partial charge < -0.3 is 14.4 Å². The summed E-state index contributed by atoms with van der Waals surface area (Å²) in [5.74, 6) is 1.46. The van der Waals surface area contributed by atoms with Gasteiger partial charge in [0.05, 0.1) is 31.1 Å². The first-order valence-corrected chi connectivity index (χ1v) is 10.0. The van der Waals surface area contributed by atoms with Gasteiger partial charge in [-0.05, 0) is 42.2 Å². The molecule has 3 heterocycles. The fourth-order valence-corrected chi connectivity index (χ4v) is 4.42. The van der Waals surface area contributed by atoms with Crippen molar-refractivity contribution >= 4 is 5.95 Å². The van der Waals surface area contributed by atoms with Gasteiger partial charge in [-0.3, -0.25) is 9.36 Å². The second-order valence-electron chi connectivity index (χ2n) is 7.59. The van der Waals surface area contributed by atoms with Crippen LogP contribution >= 0.6 is 0 Å². The molecular weight excluding hydrogens is 382 g/mol. The Morgan fingerprint density at radius 3 is 2.90 bits per heavy atom. The number of rotatable bonds is 3. The summed E-state index contributed by atoms with van der Waals surface area (Å²) in [7, 11) is 3.44. The normalized spacial score (nSPS) is 20.4. The van der Waals surface area contributed by atoms with Gasteiger partial charge in [-0.1, -0.05) is 6.07 Å². The number of fused-ring (bicyclic) bond motifs is 3. The molecule has 1 fully saturated rings. The number of ether oxygens (including phenoxy) is 2. The zero-order valence-electron chi connectivity index (χ0n) is 17.0. The van der Waals surface area contributed by atoms with Crippen molar-refractivity contribution in [3.05, 3.63) is 64.3 Å². The lowest BCUT2D eigenvalue weighted by molar-refractivity contribution is 0.00164. The average Bonchev–Trinajstić information content (AvgIpc) is 2.80. The first-order chi connectivity index (χ1) is 14.7. The molecule has 2 atom stereocenters. The molecular formula is C22H23N5O3. The number of aromatic nitrogens is 4. The van der Waals surface area contributed by atoms with Crippen LogP contribution in [0.15, 0.2) is 47.7 Å². The summed E-state index contributed by atoms with van der Waals surface area (Å²) in [6, 6.07) is 9.56. The van der Waals surface area contributed by atoms with Crippen LogP contribution in [0.5, 0.6) is 5.75 Å². The lowest BCUT2D eigenvalue weighted by atomic mass is 9.84. The molecule has 1 aromatic carbocycles. The molecule has 1 aliphatic heterocycles. The van der Waals surface area contributed by atoms with Crippen molar-refractivity contribution in [2.24, 2.45) is 7.05 Å². The summed E-state index contributed by atoms with van der Waals surface area (Å²) in [6.45, 7) is 1.24. The topological polar surface area (TPSA) is 82.4 Å². The van der Waals surface area contributed by atoms with Crippen LogP contribution in [0, 0.1) is 0 Å². The third-order valence-electron chi connectivity index (χ3n) is 5.96. The molecule has 1 saturated heterocycles. The SMILES string of the molecule is COc1ccc2c(c1)[C@H]1OCCN(c3nc(-c4ccncn4)cc(=O)n3C)[C@@H]1CC2. The van der Waals surface area contributed by atoms with E-state index in [-0.39, 0.29) is 17.7 Å². The number of aryl methyl sites for hydroxylation is 1. The molecule has 0 radical (unpaired) electrons. The van der Waals surface area contributed by atoms with Crippen LogP contribution in [-0.2, 0) is 18.2 Å². The Kier molecular flexibility index (Phi) is 4.71. The van der Waals surface area contributed by atoms with E-state index in [2.05, 4.69) is 27.0 Å². The van der Waals surface area contributed by atoms with Crippen molar-refractivity contribution < 1.29 is 9.47 Å². The Morgan fingerprint density at radius 2 is 2.10 bits per heavy atom. The van der Waals surface area contributed by atoms with E-state index in [4.69, 9.17) is 14.5 Å². The molecule has 0 unspecified atom stereocenters. The molecule has 0 bridgehead atoms. The first kappa shape index (κ1) is 18.7. The Hall–Kier alpha value is -3.26. The standard InChI is InChI=1S/C22H23N5O3/c1-26-20(28)12-18(17-7-8-23-13-24-17)25-22(26)27-9-10-30-21-16-11-15(29-2)5-3-14(16)4-6-19(21)27/h3,5,7-8,11-13,19,21H,4,6,9-10H2,1-2H3/t19-,21-/m1/s1. The molecule has 0 saturated carbocycles. The summed E-state index contributed by atoms with van der Waals surface area (Å²) in [5, 5.41) is 0. The fourth-order valence-electron chi connectivity index (χ4n) is 4.42. The Labute approximate surface area is 174 Å². The molecule has 0 amide bonds. The minimum absolute atomic E-state index is 0.0859. The van der Waals surface area contributed by atoms with E-state index in [0.717, 1.165) is 24.2 Å². The predicted molar refractivity (Wildman–Crippen MR) is 112 cm³/mol. The van der Waals surface area contributed by atoms with E-state index in [1.807, 2.05) is 6.07 Å². The van der Waals surface area contributed by atoms with Crippen molar-refractivity contribution in [1.29, 1.82) is 0 Å². The van der Waals surface area contributed by atoms with Crippen molar-refractivity contribution in [1.82, 2.24) is 19.5 Å². The highest BCUT2D eigenvalue weighted by atomic mass is 16.5. The van der Waals surface area contributed by atoms with Gasteiger partial charge in [-0.25, -0.2) is 15.0 Å². The van der Waals surface area contributed by atoms with Crippen molar-refractivity contribution in [2.75, 3.05) is 25.2 Å². The van der Waals surface area contributed by atoms with Crippen LogP contribution in [0.2, 0.25) is 0 Å². The number of hydrogen-bond donors (Lipinski definition) is 0. The number of hydrogen-bond acceptors (Lipinski definition) is 7. The number of morpholine rings is 1. The average molecular weight is 405 g/mol. The number of anilines is 1. The molecule has 2 aliphatic rings. The van der Waals surface area contributed by atoms with Gasteiger partial charge in [0.15, 0.2) is 0 Å². The Morgan fingerprint density at radius 1 is 1.20 bits per heavy atom. The third kappa shape index (κ3) is 3.13. The first-order valence-electron chi connectivity index (χ1n) is 10.0. The summed E-state index contributed by atoms with van der Waals surface area (Å²) >= 11 is 0.